The molecule has 0 radical (unpaired) electrons. The summed E-state index contributed by atoms with van der Waals surface area (Å²) >= 11 is 0. The number of aromatic nitrogens is 2. The summed E-state index contributed by atoms with van der Waals surface area (Å²) in [7, 11) is 0. The summed E-state index contributed by atoms with van der Waals surface area (Å²) in [5.41, 5.74) is 5.08. The van der Waals surface area contributed by atoms with E-state index in [2.05, 4.69) is 20.7 Å². The van der Waals surface area contributed by atoms with Crippen LogP contribution >= 0.6 is 0 Å². The van der Waals surface area contributed by atoms with Gasteiger partial charge in [0, 0.05) is 11.1 Å². The lowest BCUT2D eigenvalue weighted by Gasteiger charge is -2.02. The molecule has 114 valence electrons. The number of carbonyl (C=O) groups excluding carboxylic acids is 1. The number of nitrogens with zero attached hydrogens (tertiary/aromatic N) is 2. The van der Waals surface area contributed by atoms with Crippen LogP contribution in [-0.4, -0.2) is 27.4 Å². The molecule has 1 aromatic heterocycles. The van der Waals surface area contributed by atoms with Crippen molar-refractivity contribution in [2.45, 2.75) is 0 Å². The van der Waals surface area contributed by atoms with E-state index < -0.39 is 5.91 Å². The third-order valence-corrected chi connectivity index (χ3v) is 3.25. The number of rotatable bonds is 4. The molecule has 0 bridgehead atoms. The average Bonchev–Trinajstić information content (AvgIpc) is 3.04. The lowest BCUT2D eigenvalue weighted by molar-refractivity contribution is 0.0952. The number of phenols is 1. The number of aromatic hydroxyl groups is 1. The first-order valence-corrected chi connectivity index (χ1v) is 6.96. The van der Waals surface area contributed by atoms with Crippen molar-refractivity contribution in [1.29, 1.82) is 0 Å². The molecule has 0 atom stereocenters. The Labute approximate surface area is 132 Å². The zero-order valence-electron chi connectivity index (χ0n) is 12.1. The lowest BCUT2D eigenvalue weighted by atomic mass is 10.1. The molecule has 1 heterocycles. The maximum Gasteiger partial charge on any atom is 0.275 e. The van der Waals surface area contributed by atoms with E-state index >= 15 is 0 Å². The molecule has 0 spiro atoms. The Bertz CT molecular complexity index is 841. The Morgan fingerprint density at radius 2 is 1.87 bits per heavy atom. The molecule has 3 aromatic rings. The summed E-state index contributed by atoms with van der Waals surface area (Å²) < 4.78 is 0. The normalized spacial score (nSPS) is 10.8. The van der Waals surface area contributed by atoms with Crippen molar-refractivity contribution >= 4 is 12.1 Å². The fourth-order valence-corrected chi connectivity index (χ4v) is 2.12. The number of nitrogens with one attached hydrogen (secondary N) is 2. The minimum atomic E-state index is -0.482. The Balaban J connectivity index is 1.74. The molecule has 0 fully saturated rings. The van der Waals surface area contributed by atoms with Gasteiger partial charge in [-0.15, -0.1) is 0 Å². The molecule has 0 saturated heterocycles. The highest BCUT2D eigenvalue weighted by Gasteiger charge is 2.09. The van der Waals surface area contributed by atoms with E-state index in [1.54, 1.807) is 18.3 Å². The van der Waals surface area contributed by atoms with E-state index in [9.17, 15) is 9.90 Å². The Hall–Kier alpha value is -3.41. The molecule has 2 aromatic carbocycles. The second-order valence-corrected chi connectivity index (χ2v) is 4.78. The van der Waals surface area contributed by atoms with Crippen LogP contribution in [0.3, 0.4) is 0 Å². The highest BCUT2D eigenvalue weighted by Crippen LogP contribution is 2.19. The zero-order valence-corrected chi connectivity index (χ0v) is 12.1. The number of hydrazone groups is 1. The second kappa shape index (κ2) is 6.57. The first-order chi connectivity index (χ1) is 11.3. The van der Waals surface area contributed by atoms with E-state index in [1.165, 1.54) is 18.3 Å². The summed E-state index contributed by atoms with van der Waals surface area (Å²) in [4.78, 5) is 11.9. The van der Waals surface area contributed by atoms with Gasteiger partial charge in [-0.2, -0.15) is 10.2 Å². The summed E-state index contributed by atoms with van der Waals surface area (Å²) in [5, 5.41) is 20.5. The summed E-state index contributed by atoms with van der Waals surface area (Å²) in [5.74, 6) is -0.572. The van der Waals surface area contributed by atoms with Crippen LogP contribution in [0, 0.1) is 0 Å². The maximum absolute atomic E-state index is 11.9. The van der Waals surface area contributed by atoms with Gasteiger partial charge in [0.1, 0.15) is 5.75 Å². The van der Waals surface area contributed by atoms with Gasteiger partial charge >= 0.3 is 0 Å². The molecule has 0 unspecified atom stereocenters. The van der Waals surface area contributed by atoms with Gasteiger partial charge in [-0.05, 0) is 12.1 Å². The lowest BCUT2D eigenvalue weighted by Crippen LogP contribution is -2.17. The average molecular weight is 306 g/mol. The standard InChI is InChI=1S/C17H14N4O2/c22-15-9-5-4-8-14(15)17(23)21-19-11-13-10-18-20-16(13)12-6-2-1-3-7-12/h1-11,22H,(H,18,20)(H,21,23)/b19-11+. The van der Waals surface area contributed by atoms with Crippen LogP contribution in [0.5, 0.6) is 5.75 Å². The first-order valence-electron chi connectivity index (χ1n) is 6.96. The summed E-state index contributed by atoms with van der Waals surface area (Å²) in [6.45, 7) is 0. The third kappa shape index (κ3) is 3.26. The molecular formula is C17H14N4O2. The minimum absolute atomic E-state index is 0.0894. The topological polar surface area (TPSA) is 90.4 Å². The van der Waals surface area contributed by atoms with Crippen LogP contribution in [0.2, 0.25) is 0 Å². The number of phenolic OH excluding ortho intramolecular Hbond substituents is 1. The molecule has 3 rings (SSSR count). The molecule has 23 heavy (non-hydrogen) atoms. The van der Waals surface area contributed by atoms with Crippen molar-refractivity contribution in [2.75, 3.05) is 0 Å². The van der Waals surface area contributed by atoms with Gasteiger partial charge in [0.15, 0.2) is 0 Å². The molecular weight excluding hydrogens is 292 g/mol. The van der Waals surface area contributed by atoms with Gasteiger partial charge < -0.3 is 5.11 Å². The molecule has 0 saturated carbocycles. The number of carbonyl (C=O) groups is 1. The molecule has 6 heteroatoms. The van der Waals surface area contributed by atoms with Crippen molar-refractivity contribution in [3.8, 4) is 17.0 Å². The van der Waals surface area contributed by atoms with Gasteiger partial charge in [-0.3, -0.25) is 9.89 Å². The van der Waals surface area contributed by atoms with Crippen molar-refractivity contribution in [2.24, 2.45) is 5.10 Å². The van der Waals surface area contributed by atoms with E-state index in [4.69, 9.17) is 0 Å². The van der Waals surface area contributed by atoms with E-state index in [0.29, 0.717) is 0 Å². The fraction of sp³-hybridized carbons (Fsp3) is 0. The molecule has 0 aliphatic heterocycles. The van der Waals surface area contributed by atoms with Crippen molar-refractivity contribution in [3.63, 3.8) is 0 Å². The number of benzene rings is 2. The van der Waals surface area contributed by atoms with E-state index in [-0.39, 0.29) is 11.3 Å². The van der Waals surface area contributed by atoms with Crippen LogP contribution in [0.1, 0.15) is 15.9 Å². The highest BCUT2D eigenvalue weighted by atomic mass is 16.3. The van der Waals surface area contributed by atoms with Gasteiger partial charge in [-0.25, -0.2) is 5.43 Å². The Kier molecular flexibility index (Phi) is 4.15. The van der Waals surface area contributed by atoms with Crippen LogP contribution < -0.4 is 5.43 Å². The van der Waals surface area contributed by atoms with Crippen molar-refractivity contribution < 1.29 is 9.90 Å². The summed E-state index contributed by atoms with van der Waals surface area (Å²) in [6.07, 6.45) is 3.13. The predicted octanol–water partition coefficient (Wildman–Crippen LogP) is 2.55. The fourth-order valence-electron chi connectivity index (χ4n) is 2.12. The number of amides is 1. The van der Waals surface area contributed by atoms with Gasteiger partial charge in [0.05, 0.1) is 23.7 Å². The van der Waals surface area contributed by atoms with Crippen LogP contribution in [-0.2, 0) is 0 Å². The number of aromatic amines is 1. The molecule has 0 aliphatic carbocycles. The molecule has 6 nitrogen and oxygen atoms in total. The monoisotopic (exact) mass is 306 g/mol. The van der Waals surface area contributed by atoms with E-state index in [0.717, 1.165) is 16.8 Å². The first kappa shape index (κ1) is 14.5. The van der Waals surface area contributed by atoms with Gasteiger partial charge in [-0.1, -0.05) is 42.5 Å². The number of para-hydroxylation sites is 1. The largest absolute Gasteiger partial charge is 0.507 e. The van der Waals surface area contributed by atoms with Crippen molar-refractivity contribution in [1.82, 2.24) is 15.6 Å². The highest BCUT2D eigenvalue weighted by molar-refractivity contribution is 5.97. The van der Waals surface area contributed by atoms with Crippen LogP contribution in [0.15, 0.2) is 65.9 Å². The number of H-pyrrole nitrogens is 1. The van der Waals surface area contributed by atoms with Gasteiger partial charge in [0.2, 0.25) is 0 Å². The smallest absolute Gasteiger partial charge is 0.275 e. The zero-order chi connectivity index (χ0) is 16.1. The number of hydrogen-bond acceptors (Lipinski definition) is 4. The minimum Gasteiger partial charge on any atom is -0.507 e. The molecule has 1 amide bonds. The second-order valence-electron chi connectivity index (χ2n) is 4.78. The maximum atomic E-state index is 11.9. The van der Waals surface area contributed by atoms with Crippen LogP contribution in [0.25, 0.3) is 11.3 Å². The van der Waals surface area contributed by atoms with E-state index in [1.807, 2.05) is 30.3 Å². The third-order valence-electron chi connectivity index (χ3n) is 3.25. The SMILES string of the molecule is O=C(N/N=C/c1cn[nH]c1-c1ccccc1)c1ccccc1O. The molecule has 3 N–H and O–H groups in total. The van der Waals surface area contributed by atoms with Gasteiger partial charge in [0.25, 0.3) is 5.91 Å². The quantitative estimate of drug-likeness (QED) is 0.511. The Morgan fingerprint density at radius 3 is 2.65 bits per heavy atom. The molecule has 0 aliphatic rings. The Morgan fingerprint density at radius 1 is 1.13 bits per heavy atom. The predicted molar refractivity (Wildman–Crippen MR) is 87.2 cm³/mol. The van der Waals surface area contributed by atoms with Crippen LogP contribution in [0.4, 0.5) is 0 Å². The summed E-state index contributed by atoms with van der Waals surface area (Å²) in [6, 6.07) is 16.0. The van der Waals surface area contributed by atoms with Crippen molar-refractivity contribution in [3.05, 3.63) is 71.9 Å². The number of hydrogen-bond donors (Lipinski definition) is 3.